The van der Waals surface area contributed by atoms with Gasteiger partial charge in [0.2, 0.25) is 15.9 Å². The van der Waals surface area contributed by atoms with E-state index in [1.165, 1.54) is 36.6 Å². The van der Waals surface area contributed by atoms with Crippen molar-refractivity contribution in [1.82, 2.24) is 9.71 Å². The second-order valence-corrected chi connectivity index (χ2v) is 8.01. The number of thiazole rings is 1. The molecule has 1 heterocycles. The maximum absolute atomic E-state index is 12.0. The van der Waals surface area contributed by atoms with Crippen LogP contribution in [0.5, 0.6) is 0 Å². The zero-order valence-electron chi connectivity index (χ0n) is 13.3. The van der Waals surface area contributed by atoms with Gasteiger partial charge in [-0.2, -0.15) is 0 Å². The molecule has 8 heteroatoms. The quantitative estimate of drug-likeness (QED) is 0.673. The van der Waals surface area contributed by atoms with Crippen molar-refractivity contribution in [1.29, 1.82) is 0 Å². The molecule has 1 aromatic heterocycles. The first-order valence-electron chi connectivity index (χ1n) is 7.36. The Labute approximate surface area is 149 Å². The molecule has 0 aliphatic carbocycles. The van der Waals surface area contributed by atoms with Gasteiger partial charge in [-0.1, -0.05) is 41.7 Å². The number of amides is 1. The van der Waals surface area contributed by atoms with Crippen molar-refractivity contribution in [2.45, 2.75) is 4.90 Å². The van der Waals surface area contributed by atoms with Gasteiger partial charge in [-0.25, -0.2) is 18.1 Å². The number of rotatable bonds is 5. The van der Waals surface area contributed by atoms with Gasteiger partial charge in [-0.15, -0.1) is 0 Å². The van der Waals surface area contributed by atoms with Crippen molar-refractivity contribution >= 4 is 48.7 Å². The molecular weight excluding hydrogens is 358 g/mol. The lowest BCUT2D eigenvalue weighted by molar-refractivity contribution is -0.111. The first-order chi connectivity index (χ1) is 12.0. The molecule has 2 N–H and O–H groups in total. The van der Waals surface area contributed by atoms with Crippen molar-refractivity contribution in [3.8, 4) is 0 Å². The largest absolute Gasteiger partial charge is 0.298 e. The molecule has 0 spiro atoms. The Morgan fingerprint density at radius 1 is 1.16 bits per heavy atom. The summed E-state index contributed by atoms with van der Waals surface area (Å²) in [5.74, 6) is -0.300. The molecule has 1 amide bonds. The highest BCUT2D eigenvalue weighted by Gasteiger charge is 2.14. The van der Waals surface area contributed by atoms with Crippen LogP contribution in [0.4, 0.5) is 5.13 Å². The molecule has 0 radical (unpaired) electrons. The number of fused-ring (bicyclic) bond motifs is 1. The van der Waals surface area contributed by atoms with Crippen LogP contribution in [-0.4, -0.2) is 26.4 Å². The second-order valence-electron chi connectivity index (χ2n) is 5.09. The van der Waals surface area contributed by atoms with E-state index in [1.54, 1.807) is 12.1 Å². The maximum atomic E-state index is 12.0. The molecule has 0 aliphatic rings. The zero-order chi connectivity index (χ0) is 17.9. The van der Waals surface area contributed by atoms with E-state index in [0.29, 0.717) is 15.3 Å². The summed E-state index contributed by atoms with van der Waals surface area (Å²) < 4.78 is 26.6. The van der Waals surface area contributed by atoms with Crippen LogP contribution in [0.1, 0.15) is 5.56 Å². The predicted octanol–water partition coefficient (Wildman–Crippen LogP) is 2.86. The molecule has 0 saturated heterocycles. The highest BCUT2D eigenvalue weighted by Crippen LogP contribution is 2.28. The molecule has 128 valence electrons. The van der Waals surface area contributed by atoms with E-state index >= 15 is 0 Å². The van der Waals surface area contributed by atoms with Crippen molar-refractivity contribution < 1.29 is 13.2 Å². The Morgan fingerprint density at radius 3 is 2.64 bits per heavy atom. The van der Waals surface area contributed by atoms with E-state index < -0.39 is 10.0 Å². The SMILES string of the molecule is CNS(=O)(=O)c1ccc2nc(NC(=O)C=Cc3ccccc3)sc2c1. The monoisotopic (exact) mass is 373 g/mol. The van der Waals surface area contributed by atoms with Crippen LogP contribution in [0.25, 0.3) is 16.3 Å². The summed E-state index contributed by atoms with van der Waals surface area (Å²) in [5.41, 5.74) is 1.55. The molecule has 2 aromatic carbocycles. The van der Waals surface area contributed by atoms with Crippen LogP contribution in [0.3, 0.4) is 0 Å². The average Bonchev–Trinajstić information content (AvgIpc) is 3.02. The number of benzene rings is 2. The third-order valence-electron chi connectivity index (χ3n) is 3.40. The third-order valence-corrected chi connectivity index (χ3v) is 5.74. The topological polar surface area (TPSA) is 88.2 Å². The Morgan fingerprint density at radius 2 is 1.92 bits per heavy atom. The molecule has 3 rings (SSSR count). The van der Waals surface area contributed by atoms with Gasteiger partial charge in [-0.05, 0) is 36.9 Å². The van der Waals surface area contributed by atoms with Crippen LogP contribution in [0, 0.1) is 0 Å². The summed E-state index contributed by atoms with van der Waals surface area (Å²) in [6.07, 6.45) is 3.14. The summed E-state index contributed by atoms with van der Waals surface area (Å²) in [7, 11) is -2.15. The molecular formula is C17H15N3O3S2. The lowest BCUT2D eigenvalue weighted by atomic mass is 10.2. The number of nitrogens with one attached hydrogen (secondary N) is 2. The first kappa shape index (κ1) is 17.3. The van der Waals surface area contributed by atoms with Crippen LogP contribution in [-0.2, 0) is 14.8 Å². The van der Waals surface area contributed by atoms with Crippen LogP contribution in [0.15, 0.2) is 59.5 Å². The highest BCUT2D eigenvalue weighted by molar-refractivity contribution is 7.89. The summed E-state index contributed by atoms with van der Waals surface area (Å²) in [6.45, 7) is 0. The second kappa shape index (κ2) is 7.14. The molecule has 0 fully saturated rings. The van der Waals surface area contributed by atoms with E-state index in [9.17, 15) is 13.2 Å². The van der Waals surface area contributed by atoms with Gasteiger partial charge in [0, 0.05) is 6.08 Å². The smallest absolute Gasteiger partial charge is 0.250 e. The normalized spacial score (nSPS) is 11.9. The molecule has 0 atom stereocenters. The lowest BCUT2D eigenvalue weighted by Gasteiger charge is -2.00. The molecule has 0 saturated carbocycles. The molecule has 0 bridgehead atoms. The Kier molecular flexibility index (Phi) is 4.93. The number of carbonyl (C=O) groups is 1. The van der Waals surface area contributed by atoms with Gasteiger partial charge < -0.3 is 0 Å². The van der Waals surface area contributed by atoms with Gasteiger partial charge >= 0.3 is 0 Å². The minimum absolute atomic E-state index is 0.160. The predicted molar refractivity (Wildman–Crippen MR) is 100.0 cm³/mol. The van der Waals surface area contributed by atoms with E-state index in [0.717, 1.165) is 5.56 Å². The summed E-state index contributed by atoms with van der Waals surface area (Å²) in [6, 6.07) is 14.1. The van der Waals surface area contributed by atoms with E-state index in [4.69, 9.17) is 0 Å². The Balaban J connectivity index is 1.78. The van der Waals surface area contributed by atoms with Gasteiger partial charge in [0.1, 0.15) is 0 Å². The van der Waals surface area contributed by atoms with Crippen molar-refractivity contribution in [3.63, 3.8) is 0 Å². The minimum Gasteiger partial charge on any atom is -0.298 e. The molecule has 0 unspecified atom stereocenters. The van der Waals surface area contributed by atoms with Gasteiger partial charge in [0.25, 0.3) is 0 Å². The molecule has 3 aromatic rings. The number of anilines is 1. The highest BCUT2D eigenvalue weighted by atomic mass is 32.2. The number of carbonyl (C=O) groups excluding carboxylic acids is 1. The Hall–Kier alpha value is -2.55. The average molecular weight is 373 g/mol. The molecule has 25 heavy (non-hydrogen) atoms. The van der Waals surface area contributed by atoms with Gasteiger partial charge in [0.15, 0.2) is 5.13 Å². The number of hydrogen-bond donors (Lipinski definition) is 2. The first-order valence-corrected chi connectivity index (χ1v) is 9.66. The van der Waals surface area contributed by atoms with Crippen molar-refractivity contribution in [2.75, 3.05) is 12.4 Å². The van der Waals surface area contributed by atoms with Crippen LogP contribution < -0.4 is 10.0 Å². The van der Waals surface area contributed by atoms with E-state index in [2.05, 4.69) is 15.0 Å². The molecule has 6 nitrogen and oxygen atoms in total. The molecule has 0 aliphatic heterocycles. The van der Waals surface area contributed by atoms with E-state index in [-0.39, 0.29) is 10.8 Å². The summed E-state index contributed by atoms with van der Waals surface area (Å²) in [4.78, 5) is 16.5. The third kappa shape index (κ3) is 4.11. The Bertz CT molecular complexity index is 1040. The van der Waals surface area contributed by atoms with Gasteiger partial charge in [-0.3, -0.25) is 10.1 Å². The number of sulfonamides is 1. The number of aromatic nitrogens is 1. The number of hydrogen-bond acceptors (Lipinski definition) is 5. The summed E-state index contributed by atoms with van der Waals surface area (Å²) in [5, 5.41) is 3.10. The standard InChI is InChI=1S/C17H15N3O3S2/c1-18-25(22,23)13-8-9-14-15(11-13)24-17(19-14)20-16(21)10-7-12-5-3-2-4-6-12/h2-11,18H,1H3,(H,19,20,21). The fourth-order valence-corrected chi connectivity index (χ4v) is 3.87. The summed E-state index contributed by atoms with van der Waals surface area (Å²) >= 11 is 1.22. The zero-order valence-corrected chi connectivity index (χ0v) is 14.9. The fourth-order valence-electron chi connectivity index (χ4n) is 2.13. The fraction of sp³-hybridized carbons (Fsp3) is 0.0588. The van der Waals surface area contributed by atoms with Crippen LogP contribution in [0.2, 0.25) is 0 Å². The van der Waals surface area contributed by atoms with E-state index in [1.807, 2.05) is 30.3 Å². The minimum atomic E-state index is -3.51. The lowest BCUT2D eigenvalue weighted by Crippen LogP contribution is -2.18. The van der Waals surface area contributed by atoms with Crippen LogP contribution >= 0.6 is 11.3 Å². The van der Waals surface area contributed by atoms with Gasteiger partial charge in [0.05, 0.1) is 15.1 Å². The number of nitrogens with zero attached hydrogens (tertiary/aromatic N) is 1. The van der Waals surface area contributed by atoms with Crippen molar-refractivity contribution in [2.24, 2.45) is 0 Å². The maximum Gasteiger partial charge on any atom is 0.250 e. The van der Waals surface area contributed by atoms with Crippen molar-refractivity contribution in [3.05, 3.63) is 60.2 Å².